The number of carbonyl (C=O) groups excluding carboxylic acids is 1. The van der Waals surface area contributed by atoms with Gasteiger partial charge in [-0.2, -0.15) is 0 Å². The highest BCUT2D eigenvalue weighted by Gasteiger charge is 2.29. The molecule has 1 aliphatic rings. The van der Waals surface area contributed by atoms with Crippen LogP contribution in [0.15, 0.2) is 24.3 Å². The number of methoxy groups -OCH3 is 1. The minimum absolute atomic E-state index is 0.0402. The summed E-state index contributed by atoms with van der Waals surface area (Å²) in [6.45, 7) is 2.17. The predicted molar refractivity (Wildman–Crippen MR) is 75.5 cm³/mol. The Morgan fingerprint density at radius 3 is 2.58 bits per heavy atom. The SMILES string of the molecule is COc1ccc(N2CC(CCN)CN(C)C2=O)cc1. The summed E-state index contributed by atoms with van der Waals surface area (Å²) in [4.78, 5) is 15.8. The molecular weight excluding hydrogens is 242 g/mol. The first-order chi connectivity index (χ1) is 9.15. The molecule has 1 aliphatic heterocycles. The number of hydrogen-bond donors (Lipinski definition) is 1. The van der Waals surface area contributed by atoms with Gasteiger partial charge in [-0.3, -0.25) is 4.90 Å². The van der Waals surface area contributed by atoms with Crippen molar-refractivity contribution in [2.24, 2.45) is 11.7 Å². The zero-order chi connectivity index (χ0) is 13.8. The number of rotatable bonds is 4. The third-order valence-corrected chi connectivity index (χ3v) is 3.49. The summed E-state index contributed by atoms with van der Waals surface area (Å²) < 4.78 is 5.13. The van der Waals surface area contributed by atoms with Gasteiger partial charge < -0.3 is 15.4 Å². The molecule has 0 bridgehead atoms. The van der Waals surface area contributed by atoms with Crippen molar-refractivity contribution in [3.63, 3.8) is 0 Å². The lowest BCUT2D eigenvalue weighted by Crippen LogP contribution is -2.52. The predicted octanol–water partition coefficient (Wildman–Crippen LogP) is 1.53. The third kappa shape index (κ3) is 2.98. The molecule has 2 N–H and O–H groups in total. The summed E-state index contributed by atoms with van der Waals surface area (Å²) in [5.74, 6) is 1.22. The van der Waals surface area contributed by atoms with E-state index in [1.807, 2.05) is 36.2 Å². The van der Waals surface area contributed by atoms with Gasteiger partial charge in [0.05, 0.1) is 7.11 Å². The average Bonchev–Trinajstić information content (AvgIpc) is 2.43. The van der Waals surface area contributed by atoms with Crippen LogP contribution in [0.4, 0.5) is 10.5 Å². The smallest absolute Gasteiger partial charge is 0.324 e. The maximum atomic E-state index is 12.2. The van der Waals surface area contributed by atoms with E-state index in [9.17, 15) is 4.79 Å². The molecule has 2 rings (SSSR count). The second kappa shape index (κ2) is 5.93. The summed E-state index contributed by atoms with van der Waals surface area (Å²) in [6.07, 6.45) is 0.935. The Morgan fingerprint density at radius 1 is 1.32 bits per heavy atom. The number of amides is 2. The highest BCUT2D eigenvalue weighted by molar-refractivity contribution is 5.92. The van der Waals surface area contributed by atoms with Crippen LogP contribution in [0.3, 0.4) is 0 Å². The minimum Gasteiger partial charge on any atom is -0.497 e. The van der Waals surface area contributed by atoms with E-state index in [4.69, 9.17) is 10.5 Å². The Bertz CT molecular complexity index is 433. The van der Waals surface area contributed by atoms with E-state index >= 15 is 0 Å². The fourth-order valence-corrected chi connectivity index (χ4v) is 2.46. The van der Waals surface area contributed by atoms with E-state index in [-0.39, 0.29) is 6.03 Å². The number of ether oxygens (including phenoxy) is 1. The molecule has 0 radical (unpaired) electrons. The third-order valence-electron chi connectivity index (χ3n) is 3.49. The number of nitrogens with two attached hydrogens (primary N) is 1. The minimum atomic E-state index is 0.0402. The van der Waals surface area contributed by atoms with Gasteiger partial charge in [-0.1, -0.05) is 0 Å². The molecule has 2 amide bonds. The van der Waals surface area contributed by atoms with Crippen molar-refractivity contribution >= 4 is 11.7 Å². The quantitative estimate of drug-likeness (QED) is 0.896. The highest BCUT2D eigenvalue weighted by Crippen LogP contribution is 2.25. The maximum Gasteiger partial charge on any atom is 0.324 e. The number of anilines is 1. The highest BCUT2D eigenvalue weighted by atomic mass is 16.5. The lowest BCUT2D eigenvalue weighted by Gasteiger charge is -2.38. The van der Waals surface area contributed by atoms with Gasteiger partial charge in [0, 0.05) is 25.8 Å². The zero-order valence-corrected chi connectivity index (χ0v) is 11.5. The molecule has 1 heterocycles. The molecule has 0 saturated carbocycles. The van der Waals surface area contributed by atoms with E-state index in [0.717, 1.165) is 30.9 Å². The van der Waals surface area contributed by atoms with Gasteiger partial charge in [0.2, 0.25) is 0 Å². The summed E-state index contributed by atoms with van der Waals surface area (Å²) in [5.41, 5.74) is 6.53. The molecule has 1 aromatic carbocycles. The Kier molecular flexibility index (Phi) is 4.27. The molecule has 19 heavy (non-hydrogen) atoms. The lowest BCUT2D eigenvalue weighted by molar-refractivity contribution is 0.191. The molecule has 1 saturated heterocycles. The van der Waals surface area contributed by atoms with Crippen molar-refractivity contribution in [2.45, 2.75) is 6.42 Å². The first kappa shape index (κ1) is 13.7. The average molecular weight is 263 g/mol. The van der Waals surface area contributed by atoms with E-state index in [2.05, 4.69) is 0 Å². The van der Waals surface area contributed by atoms with Crippen LogP contribution in [0.5, 0.6) is 5.75 Å². The number of hydrogen-bond acceptors (Lipinski definition) is 3. The van der Waals surface area contributed by atoms with E-state index in [0.29, 0.717) is 12.5 Å². The second-order valence-corrected chi connectivity index (χ2v) is 4.92. The summed E-state index contributed by atoms with van der Waals surface area (Å²) in [7, 11) is 3.47. The molecular formula is C14H21N3O2. The van der Waals surface area contributed by atoms with Crippen molar-refractivity contribution in [1.29, 1.82) is 0 Å². The number of benzene rings is 1. The first-order valence-corrected chi connectivity index (χ1v) is 6.52. The van der Waals surface area contributed by atoms with E-state index in [1.165, 1.54) is 0 Å². The van der Waals surface area contributed by atoms with Crippen LogP contribution < -0.4 is 15.4 Å². The normalized spacial score (nSPS) is 19.7. The summed E-state index contributed by atoms with van der Waals surface area (Å²) in [6, 6.07) is 7.60. The second-order valence-electron chi connectivity index (χ2n) is 4.92. The van der Waals surface area contributed by atoms with Gasteiger partial charge >= 0.3 is 6.03 Å². The Hall–Kier alpha value is -1.75. The van der Waals surface area contributed by atoms with Gasteiger partial charge in [-0.15, -0.1) is 0 Å². The molecule has 1 aromatic rings. The molecule has 0 aromatic heterocycles. The molecule has 5 heteroatoms. The van der Waals surface area contributed by atoms with Crippen LogP contribution in [0.1, 0.15) is 6.42 Å². The van der Waals surface area contributed by atoms with Crippen LogP contribution in [0.2, 0.25) is 0 Å². The molecule has 1 fully saturated rings. The zero-order valence-electron chi connectivity index (χ0n) is 11.5. The molecule has 0 spiro atoms. The lowest BCUT2D eigenvalue weighted by atomic mass is 10.0. The van der Waals surface area contributed by atoms with Crippen LogP contribution >= 0.6 is 0 Å². The molecule has 1 unspecified atom stereocenters. The molecule has 5 nitrogen and oxygen atoms in total. The fraction of sp³-hybridized carbons (Fsp3) is 0.500. The van der Waals surface area contributed by atoms with Crippen LogP contribution in [-0.4, -0.2) is 44.7 Å². The summed E-state index contributed by atoms with van der Waals surface area (Å²) in [5, 5.41) is 0. The van der Waals surface area contributed by atoms with Gasteiger partial charge in [-0.25, -0.2) is 4.79 Å². The van der Waals surface area contributed by atoms with E-state index < -0.39 is 0 Å². The number of urea groups is 1. The molecule has 104 valence electrons. The van der Waals surface area contributed by atoms with Crippen LogP contribution in [0, 0.1) is 5.92 Å². The van der Waals surface area contributed by atoms with Crippen molar-refractivity contribution in [2.75, 3.05) is 38.7 Å². The van der Waals surface area contributed by atoms with Crippen LogP contribution in [-0.2, 0) is 0 Å². The number of nitrogens with zero attached hydrogens (tertiary/aromatic N) is 2. The Balaban J connectivity index is 2.17. The van der Waals surface area contributed by atoms with Crippen molar-refractivity contribution in [1.82, 2.24) is 4.90 Å². The van der Waals surface area contributed by atoms with Gasteiger partial charge in [0.15, 0.2) is 0 Å². The van der Waals surface area contributed by atoms with Gasteiger partial charge in [0.1, 0.15) is 5.75 Å². The monoisotopic (exact) mass is 263 g/mol. The van der Waals surface area contributed by atoms with Crippen molar-refractivity contribution in [3.05, 3.63) is 24.3 Å². The standard InChI is InChI=1S/C14H21N3O2/c1-16-9-11(7-8-15)10-17(14(16)18)12-3-5-13(19-2)6-4-12/h3-6,11H,7-10,15H2,1-2H3. The first-order valence-electron chi connectivity index (χ1n) is 6.52. The fourth-order valence-electron chi connectivity index (χ4n) is 2.46. The molecule has 0 aliphatic carbocycles. The van der Waals surface area contributed by atoms with Crippen molar-refractivity contribution < 1.29 is 9.53 Å². The molecule has 1 atom stereocenters. The van der Waals surface area contributed by atoms with Gasteiger partial charge in [0.25, 0.3) is 0 Å². The Labute approximate surface area is 113 Å². The summed E-state index contributed by atoms with van der Waals surface area (Å²) >= 11 is 0. The number of carbonyl (C=O) groups is 1. The largest absolute Gasteiger partial charge is 0.497 e. The Morgan fingerprint density at radius 2 is 2.00 bits per heavy atom. The van der Waals surface area contributed by atoms with Gasteiger partial charge in [-0.05, 0) is 43.1 Å². The van der Waals surface area contributed by atoms with E-state index in [1.54, 1.807) is 12.0 Å². The van der Waals surface area contributed by atoms with Crippen molar-refractivity contribution in [3.8, 4) is 5.75 Å². The topological polar surface area (TPSA) is 58.8 Å². The maximum absolute atomic E-state index is 12.2. The van der Waals surface area contributed by atoms with Crippen LogP contribution in [0.25, 0.3) is 0 Å².